The molecule has 0 heterocycles. The van der Waals surface area contributed by atoms with Gasteiger partial charge in [0.05, 0.1) is 5.97 Å². The monoisotopic (exact) mass is 377 g/mol. The Morgan fingerprint density at radius 3 is 2.11 bits per heavy atom. The number of carbonyl (C=O) groups is 2. The van der Waals surface area contributed by atoms with Gasteiger partial charge >= 0.3 is 23.8 Å². The fourth-order valence-electron chi connectivity index (χ4n) is 0.865. The molecule has 0 aromatic carbocycles. The number of carboxylic acids is 2. The fraction of sp³-hybridized carbons (Fsp3) is 0.750. The van der Waals surface area contributed by atoms with Gasteiger partial charge in [-0.25, -0.2) is 0 Å². The molecular formula is C8H12N2O5S2Tc-4. The number of hydrogen-bond acceptors (Lipinski definition) is 8. The zero-order chi connectivity index (χ0) is 14.6. The van der Waals surface area contributed by atoms with Crippen LogP contribution in [0.2, 0.25) is 0 Å². The van der Waals surface area contributed by atoms with E-state index in [0.717, 1.165) is 18.9 Å². The van der Waals surface area contributed by atoms with Crippen LogP contribution in [0.3, 0.4) is 0 Å². The average Bonchev–Trinajstić information content (AvgIpc) is 2.35. The summed E-state index contributed by atoms with van der Waals surface area (Å²) in [6.45, 7) is 0.336. The first-order chi connectivity index (χ1) is 8.52. The summed E-state index contributed by atoms with van der Waals surface area (Å²) < 4.78 is 8.22. The van der Waals surface area contributed by atoms with Crippen molar-refractivity contribution in [3.63, 3.8) is 0 Å². The summed E-state index contributed by atoms with van der Waals surface area (Å²) in [4.78, 5) is 20.8. The van der Waals surface area contributed by atoms with Gasteiger partial charge in [0, 0.05) is 12.0 Å². The zero-order valence-electron chi connectivity index (χ0n) is 10.2. The summed E-state index contributed by atoms with van der Waals surface area (Å²) in [7, 11) is 0. The van der Waals surface area contributed by atoms with Gasteiger partial charge in [-0.2, -0.15) is 11.5 Å². The molecule has 2 atom stereocenters. The molecule has 0 aliphatic rings. The quantitative estimate of drug-likeness (QED) is 0.321. The predicted molar refractivity (Wildman–Crippen MR) is 60.1 cm³/mol. The summed E-state index contributed by atoms with van der Waals surface area (Å²) in [5, 5.41) is 27.2. The number of nitrogens with zero attached hydrogens (tertiary/aromatic N) is 1. The molecule has 0 saturated heterocycles. The zero-order valence-corrected chi connectivity index (χ0v) is 12.7. The van der Waals surface area contributed by atoms with Gasteiger partial charge in [-0.15, -0.1) is 12.6 Å². The van der Waals surface area contributed by atoms with Crippen molar-refractivity contribution in [2.24, 2.45) is 0 Å². The number of aliphatic carboxylic acids is 2. The Hall–Kier alpha value is 0.00935. The van der Waals surface area contributed by atoms with Crippen LogP contribution in [0.1, 0.15) is 1.43 Å². The first-order valence-corrected chi connectivity index (χ1v) is 6.57. The summed E-state index contributed by atoms with van der Waals surface area (Å²) in [6, 6.07) is -1.95. The van der Waals surface area contributed by atoms with Crippen LogP contribution in [0.25, 0.3) is 5.32 Å². The van der Waals surface area contributed by atoms with Gasteiger partial charge in [0.15, 0.2) is 0 Å². The first kappa shape index (κ1) is 20.3. The van der Waals surface area contributed by atoms with Crippen LogP contribution in [-0.2, 0) is 57.2 Å². The average molecular weight is 378 g/mol. The van der Waals surface area contributed by atoms with E-state index >= 15 is 0 Å². The second-order valence-corrected chi connectivity index (χ2v) is 3.57. The van der Waals surface area contributed by atoms with Crippen LogP contribution in [0, 0.1) is 0 Å². The third-order valence-corrected chi connectivity index (χ3v) is 2.38. The SMILES string of the molecule is O=C([O-])C(C[S-])[N-]CCNC(C[S-])C(=O)[O-].[H+].[O]=[Tc]. The number of carboxylic acid groups (broad SMARTS) is 2. The second-order valence-electron chi connectivity index (χ2n) is 2.90. The Kier molecular flexibility index (Phi) is 15.2. The van der Waals surface area contributed by atoms with Crippen LogP contribution in [0.15, 0.2) is 0 Å². The second kappa shape index (κ2) is 13.4. The van der Waals surface area contributed by atoms with Gasteiger partial charge in [-0.1, -0.05) is 0 Å². The molecule has 0 amide bonds. The molecule has 0 fully saturated rings. The van der Waals surface area contributed by atoms with Crippen molar-refractivity contribution >= 4 is 37.2 Å². The van der Waals surface area contributed by atoms with E-state index in [2.05, 4.69) is 35.9 Å². The normalized spacial score (nSPS) is 13.0. The number of hydrogen-bond donors (Lipinski definition) is 1. The molecule has 0 aliphatic heterocycles. The number of rotatable bonds is 9. The molecular weight excluding hydrogens is 366 g/mol. The Bertz CT molecular complexity index is 241. The maximum absolute atomic E-state index is 10.4. The van der Waals surface area contributed by atoms with Gasteiger partial charge in [0.25, 0.3) is 0 Å². The van der Waals surface area contributed by atoms with Crippen molar-refractivity contribution in [1.29, 1.82) is 0 Å². The van der Waals surface area contributed by atoms with Gasteiger partial charge in [0.2, 0.25) is 0 Å². The van der Waals surface area contributed by atoms with E-state index in [0.29, 0.717) is 0 Å². The molecule has 0 rings (SSSR count). The van der Waals surface area contributed by atoms with Crippen molar-refractivity contribution in [2.45, 2.75) is 12.1 Å². The third kappa shape index (κ3) is 9.98. The van der Waals surface area contributed by atoms with Crippen molar-refractivity contribution in [3.8, 4) is 0 Å². The van der Waals surface area contributed by atoms with Crippen LogP contribution in [0.5, 0.6) is 0 Å². The van der Waals surface area contributed by atoms with E-state index in [9.17, 15) is 19.8 Å². The van der Waals surface area contributed by atoms with E-state index in [-0.39, 0.29) is 26.0 Å². The summed E-state index contributed by atoms with van der Waals surface area (Å²) >= 11 is 10.0. The fourth-order valence-corrected chi connectivity index (χ4v) is 1.36. The van der Waals surface area contributed by atoms with E-state index in [1.54, 1.807) is 0 Å². The summed E-state index contributed by atoms with van der Waals surface area (Å²) in [5.41, 5.74) is 0. The molecule has 7 nitrogen and oxygen atoms in total. The molecule has 0 aliphatic carbocycles. The van der Waals surface area contributed by atoms with Crippen LogP contribution < -0.4 is 15.5 Å². The Labute approximate surface area is 128 Å². The molecule has 2 unspecified atom stereocenters. The van der Waals surface area contributed by atoms with Crippen LogP contribution in [-0.4, -0.2) is 48.6 Å². The first-order valence-electron chi connectivity index (χ1n) is 4.66. The van der Waals surface area contributed by atoms with Gasteiger partial charge in [-0.05, 0) is 6.54 Å². The topological polar surface area (TPSA) is 123 Å². The Morgan fingerprint density at radius 1 is 1.22 bits per heavy atom. The van der Waals surface area contributed by atoms with E-state index in [4.69, 9.17) is 3.50 Å². The van der Waals surface area contributed by atoms with Gasteiger partial charge in [-0.3, -0.25) is 0 Å². The Morgan fingerprint density at radius 2 is 1.78 bits per heavy atom. The van der Waals surface area contributed by atoms with Crippen molar-refractivity contribution < 1.29 is 43.6 Å². The molecule has 0 radical (unpaired) electrons. The van der Waals surface area contributed by atoms with Crippen LogP contribution in [0.4, 0.5) is 0 Å². The minimum absolute atomic E-state index is 0. The van der Waals surface area contributed by atoms with Gasteiger partial charge in [0.1, 0.15) is 0 Å². The molecule has 10 heteroatoms. The van der Waals surface area contributed by atoms with Gasteiger partial charge < -0.3 is 55.7 Å². The standard InChI is InChI=1S/C8H15N2O4S2.O.Tc/c11-7(12)5(3-15)9-1-2-10-6(4-16)8(13)14;;/h5-6,9,15-16H,1-4H2,(H,11,12)(H,13,14);;/q-1;;/p-3. The van der Waals surface area contributed by atoms with Crippen molar-refractivity contribution in [1.82, 2.24) is 5.32 Å². The summed E-state index contributed by atoms with van der Waals surface area (Å²) in [6.07, 6.45) is 0. The van der Waals surface area contributed by atoms with E-state index in [1.807, 2.05) is 0 Å². The molecule has 0 aromatic rings. The van der Waals surface area contributed by atoms with Crippen LogP contribution >= 0.6 is 0 Å². The maximum atomic E-state index is 10.4. The molecule has 18 heavy (non-hydrogen) atoms. The predicted octanol–water partition coefficient (Wildman–Crippen LogP) is -3.73. The van der Waals surface area contributed by atoms with Crippen molar-refractivity contribution in [3.05, 3.63) is 5.32 Å². The van der Waals surface area contributed by atoms with Crippen molar-refractivity contribution in [2.75, 3.05) is 24.6 Å². The van der Waals surface area contributed by atoms with E-state index in [1.165, 1.54) is 0 Å². The molecule has 0 spiro atoms. The number of nitrogens with one attached hydrogen (secondary N) is 1. The molecule has 1 N–H and O–H groups in total. The minimum atomic E-state index is -1.32. The Balaban J connectivity index is -0.000000809. The number of carbonyl (C=O) groups excluding carboxylic acids is 2. The van der Waals surface area contributed by atoms with E-state index < -0.39 is 24.0 Å². The molecule has 0 saturated carbocycles. The summed E-state index contributed by atoms with van der Waals surface area (Å²) in [5.74, 6) is -2.69. The third-order valence-electron chi connectivity index (χ3n) is 1.73. The molecule has 0 bridgehead atoms. The molecule has 107 valence electrons. The molecule has 0 aromatic heterocycles.